The Morgan fingerprint density at radius 2 is 2.10 bits per heavy atom. The Labute approximate surface area is 122 Å². The number of benzene rings is 1. The minimum absolute atomic E-state index is 0. The van der Waals surface area contributed by atoms with Crippen molar-refractivity contribution < 1.29 is 14.3 Å². The monoisotopic (exact) mass is 297 g/mol. The summed E-state index contributed by atoms with van der Waals surface area (Å²) in [5, 5.41) is 2.50. The molecular formula is C13H16ClN3O3. The van der Waals surface area contributed by atoms with Crippen LogP contribution in [0.25, 0.3) is 11.0 Å². The van der Waals surface area contributed by atoms with E-state index in [1.165, 1.54) is 7.11 Å². The van der Waals surface area contributed by atoms with Crippen molar-refractivity contribution >= 4 is 35.3 Å². The fraction of sp³-hybridized carbons (Fsp3) is 0.308. The Morgan fingerprint density at radius 1 is 1.35 bits per heavy atom. The van der Waals surface area contributed by atoms with Crippen LogP contribution in [0, 0.1) is 0 Å². The molecule has 2 aromatic rings. The topological polar surface area (TPSA) is 73.2 Å². The van der Waals surface area contributed by atoms with Crippen molar-refractivity contribution in [3.63, 3.8) is 0 Å². The van der Waals surface area contributed by atoms with Gasteiger partial charge in [0.15, 0.2) is 0 Å². The number of methoxy groups -OCH3 is 1. The molecule has 1 N–H and O–H groups in total. The van der Waals surface area contributed by atoms with Crippen LogP contribution in [0.15, 0.2) is 30.6 Å². The Bertz CT molecular complexity index is 597. The van der Waals surface area contributed by atoms with Crippen LogP contribution in [-0.4, -0.2) is 35.1 Å². The van der Waals surface area contributed by atoms with Crippen molar-refractivity contribution in [3.05, 3.63) is 30.6 Å². The van der Waals surface area contributed by atoms with Gasteiger partial charge in [0.2, 0.25) is 5.91 Å². The Hall–Kier alpha value is -2.08. The van der Waals surface area contributed by atoms with E-state index in [0.29, 0.717) is 6.54 Å². The average molecular weight is 298 g/mol. The minimum Gasteiger partial charge on any atom is -0.468 e. The molecule has 1 aromatic carbocycles. The smallest absolute Gasteiger partial charge is 0.325 e. The number of fused-ring (bicyclic) bond motifs is 1. The van der Waals surface area contributed by atoms with Crippen LogP contribution in [0.3, 0.4) is 0 Å². The van der Waals surface area contributed by atoms with Crippen molar-refractivity contribution in [3.8, 4) is 0 Å². The predicted octanol–water partition coefficient (Wildman–Crippen LogP) is 1.14. The van der Waals surface area contributed by atoms with Gasteiger partial charge in [-0.3, -0.25) is 9.59 Å². The molecule has 0 spiro atoms. The van der Waals surface area contributed by atoms with Crippen molar-refractivity contribution in [2.45, 2.75) is 13.0 Å². The van der Waals surface area contributed by atoms with Crippen LogP contribution < -0.4 is 5.32 Å². The molecule has 0 atom stereocenters. The summed E-state index contributed by atoms with van der Waals surface area (Å²) >= 11 is 0. The number of rotatable bonds is 5. The molecule has 0 saturated carbocycles. The number of halogens is 1. The number of amides is 1. The maximum Gasteiger partial charge on any atom is 0.325 e. The molecule has 0 saturated heterocycles. The number of esters is 1. The molecular weight excluding hydrogens is 282 g/mol. The summed E-state index contributed by atoms with van der Waals surface area (Å²) in [4.78, 5) is 26.7. The number of carbonyl (C=O) groups excluding carboxylic acids is 2. The Kier molecular flexibility index (Phi) is 5.99. The second kappa shape index (κ2) is 7.49. The second-order valence-corrected chi connectivity index (χ2v) is 4.03. The fourth-order valence-electron chi connectivity index (χ4n) is 1.74. The number of hydrogen-bond donors (Lipinski definition) is 1. The maximum absolute atomic E-state index is 11.5. The summed E-state index contributed by atoms with van der Waals surface area (Å²) < 4.78 is 6.35. The van der Waals surface area contributed by atoms with Crippen LogP contribution >= 0.6 is 12.4 Å². The first-order chi connectivity index (χ1) is 9.20. The van der Waals surface area contributed by atoms with E-state index in [2.05, 4.69) is 15.0 Å². The van der Waals surface area contributed by atoms with Gasteiger partial charge in [0, 0.05) is 13.0 Å². The summed E-state index contributed by atoms with van der Waals surface area (Å²) in [5.74, 6) is -0.649. The minimum atomic E-state index is -0.457. The number of nitrogens with zero attached hydrogens (tertiary/aromatic N) is 2. The van der Waals surface area contributed by atoms with Gasteiger partial charge in [-0.25, -0.2) is 4.98 Å². The lowest BCUT2D eigenvalue weighted by Crippen LogP contribution is -2.30. The van der Waals surface area contributed by atoms with Gasteiger partial charge in [0.1, 0.15) is 6.54 Å². The molecule has 1 heterocycles. The molecule has 7 heteroatoms. The molecule has 0 aliphatic heterocycles. The third-order valence-corrected chi connectivity index (χ3v) is 2.76. The lowest BCUT2D eigenvalue weighted by molar-refractivity contribution is -0.141. The van der Waals surface area contributed by atoms with Crippen LogP contribution in [0.2, 0.25) is 0 Å². The van der Waals surface area contributed by atoms with Crippen LogP contribution in [-0.2, 0) is 20.9 Å². The molecule has 1 aromatic heterocycles. The van der Waals surface area contributed by atoms with Crippen LogP contribution in [0.4, 0.5) is 0 Å². The van der Waals surface area contributed by atoms with Crippen molar-refractivity contribution in [2.24, 2.45) is 0 Å². The summed E-state index contributed by atoms with van der Waals surface area (Å²) in [6.45, 7) is 0.424. The predicted molar refractivity (Wildman–Crippen MR) is 76.6 cm³/mol. The largest absolute Gasteiger partial charge is 0.468 e. The van der Waals surface area contributed by atoms with Gasteiger partial charge < -0.3 is 14.6 Å². The third-order valence-electron chi connectivity index (χ3n) is 2.76. The van der Waals surface area contributed by atoms with E-state index in [0.717, 1.165) is 11.0 Å². The number of ether oxygens (including phenoxy) is 1. The fourth-order valence-corrected chi connectivity index (χ4v) is 1.74. The van der Waals surface area contributed by atoms with E-state index in [4.69, 9.17) is 0 Å². The van der Waals surface area contributed by atoms with Gasteiger partial charge >= 0.3 is 5.97 Å². The lowest BCUT2D eigenvalue weighted by Gasteiger charge is -2.05. The average Bonchev–Trinajstić information content (AvgIpc) is 2.85. The van der Waals surface area contributed by atoms with Gasteiger partial charge in [-0.05, 0) is 12.1 Å². The number of nitrogens with one attached hydrogen (secondary N) is 1. The Morgan fingerprint density at radius 3 is 2.85 bits per heavy atom. The highest BCUT2D eigenvalue weighted by Gasteiger charge is 2.07. The van der Waals surface area contributed by atoms with E-state index >= 15 is 0 Å². The number of imidazole rings is 1. The van der Waals surface area contributed by atoms with Crippen molar-refractivity contribution in [1.29, 1.82) is 0 Å². The number of aryl methyl sites for hydroxylation is 1. The van der Waals surface area contributed by atoms with Gasteiger partial charge in [-0.1, -0.05) is 12.1 Å². The van der Waals surface area contributed by atoms with E-state index in [-0.39, 0.29) is 31.3 Å². The highest BCUT2D eigenvalue weighted by atomic mass is 35.5. The first-order valence-corrected chi connectivity index (χ1v) is 5.94. The standard InChI is InChI=1S/C13H15N3O3.ClH/c1-19-13(18)8-14-12(17)6-7-16-9-15-10-4-2-3-5-11(10)16;/h2-5,9H,6-8H2,1H3,(H,14,17);1H. The molecule has 0 aliphatic carbocycles. The van der Waals surface area contributed by atoms with Gasteiger partial charge in [0.05, 0.1) is 24.5 Å². The summed E-state index contributed by atoms with van der Waals surface area (Å²) in [5.41, 5.74) is 1.89. The molecule has 0 bridgehead atoms. The zero-order valence-electron chi connectivity index (χ0n) is 11.0. The second-order valence-electron chi connectivity index (χ2n) is 4.03. The quantitative estimate of drug-likeness (QED) is 0.840. The van der Waals surface area contributed by atoms with E-state index in [9.17, 15) is 9.59 Å². The normalized spacial score (nSPS) is 9.85. The molecule has 0 fully saturated rings. The van der Waals surface area contributed by atoms with Crippen LogP contribution in [0.5, 0.6) is 0 Å². The zero-order chi connectivity index (χ0) is 13.7. The van der Waals surface area contributed by atoms with Gasteiger partial charge in [-0.2, -0.15) is 0 Å². The highest BCUT2D eigenvalue weighted by Crippen LogP contribution is 2.11. The van der Waals surface area contributed by atoms with Crippen molar-refractivity contribution in [2.75, 3.05) is 13.7 Å². The number of para-hydroxylation sites is 2. The summed E-state index contributed by atoms with van der Waals surface area (Å²) in [6, 6.07) is 7.72. The molecule has 1 amide bonds. The zero-order valence-corrected chi connectivity index (χ0v) is 11.9. The van der Waals surface area contributed by atoms with Crippen molar-refractivity contribution in [1.82, 2.24) is 14.9 Å². The molecule has 0 radical (unpaired) electrons. The molecule has 0 aliphatic rings. The SMILES string of the molecule is COC(=O)CNC(=O)CCn1cnc2ccccc21.Cl. The van der Waals surface area contributed by atoms with E-state index < -0.39 is 5.97 Å². The molecule has 2 rings (SSSR count). The van der Waals surface area contributed by atoms with E-state index in [1.807, 2.05) is 28.8 Å². The van der Waals surface area contributed by atoms with Crippen LogP contribution in [0.1, 0.15) is 6.42 Å². The number of aromatic nitrogens is 2. The molecule has 20 heavy (non-hydrogen) atoms. The number of hydrogen-bond acceptors (Lipinski definition) is 4. The number of carbonyl (C=O) groups is 2. The summed E-state index contributed by atoms with van der Waals surface area (Å²) in [7, 11) is 1.28. The lowest BCUT2D eigenvalue weighted by atomic mass is 10.3. The highest BCUT2D eigenvalue weighted by molar-refractivity contribution is 5.85. The third kappa shape index (κ3) is 3.96. The Balaban J connectivity index is 0.00000200. The molecule has 6 nitrogen and oxygen atoms in total. The maximum atomic E-state index is 11.5. The molecule has 108 valence electrons. The first kappa shape index (κ1) is 16.0. The first-order valence-electron chi connectivity index (χ1n) is 5.94. The van der Waals surface area contributed by atoms with E-state index in [1.54, 1.807) is 6.33 Å². The van der Waals surface area contributed by atoms with Gasteiger partial charge in [-0.15, -0.1) is 12.4 Å². The van der Waals surface area contributed by atoms with Gasteiger partial charge in [0.25, 0.3) is 0 Å². The molecule has 0 unspecified atom stereocenters. The summed E-state index contributed by atoms with van der Waals surface area (Å²) in [6.07, 6.45) is 2.00.